The summed E-state index contributed by atoms with van der Waals surface area (Å²) >= 11 is 3.02. The van der Waals surface area contributed by atoms with Crippen molar-refractivity contribution in [1.82, 2.24) is 9.78 Å². The van der Waals surface area contributed by atoms with Crippen LogP contribution in [0.2, 0.25) is 0 Å². The number of rotatable bonds is 1. The Kier molecular flexibility index (Phi) is 2.70. The standard InChI is InChI=1S/C10H9BrFN3O2/c1-15-10(13)4(3-14-15)7-5(12)2-6(16)9(17)8(7)11/h2-3,16-17H,13H2,1H3. The molecule has 2 aromatic rings. The number of nitrogens with two attached hydrogens (primary N) is 1. The SMILES string of the molecule is Cn1ncc(-c2c(F)cc(O)c(O)c2Br)c1N. The van der Waals surface area contributed by atoms with E-state index >= 15 is 0 Å². The van der Waals surface area contributed by atoms with Crippen LogP contribution >= 0.6 is 15.9 Å². The zero-order chi connectivity index (χ0) is 12.7. The van der Waals surface area contributed by atoms with Crippen molar-refractivity contribution in [2.75, 3.05) is 5.73 Å². The minimum absolute atomic E-state index is 0.0368. The molecule has 0 saturated carbocycles. The Hall–Kier alpha value is -1.76. The van der Waals surface area contributed by atoms with Crippen LogP contribution in [0.5, 0.6) is 11.5 Å². The van der Waals surface area contributed by atoms with Crippen molar-refractivity contribution >= 4 is 21.7 Å². The van der Waals surface area contributed by atoms with E-state index in [9.17, 15) is 14.6 Å². The summed E-state index contributed by atoms with van der Waals surface area (Å²) in [4.78, 5) is 0. The highest BCUT2D eigenvalue weighted by atomic mass is 79.9. The van der Waals surface area contributed by atoms with Gasteiger partial charge in [-0.3, -0.25) is 4.68 Å². The average Bonchev–Trinajstić information content (AvgIpc) is 2.58. The van der Waals surface area contributed by atoms with Gasteiger partial charge >= 0.3 is 0 Å². The van der Waals surface area contributed by atoms with Crippen LogP contribution in [0.1, 0.15) is 0 Å². The molecule has 90 valence electrons. The van der Waals surface area contributed by atoms with Gasteiger partial charge < -0.3 is 15.9 Å². The van der Waals surface area contributed by atoms with Gasteiger partial charge in [-0.25, -0.2) is 4.39 Å². The third kappa shape index (κ3) is 1.72. The highest BCUT2D eigenvalue weighted by Crippen LogP contribution is 2.43. The van der Waals surface area contributed by atoms with Crippen LogP contribution in [0.25, 0.3) is 11.1 Å². The monoisotopic (exact) mass is 301 g/mol. The van der Waals surface area contributed by atoms with Gasteiger partial charge in [0, 0.05) is 24.2 Å². The first-order chi connectivity index (χ1) is 7.93. The molecule has 0 bridgehead atoms. The largest absolute Gasteiger partial charge is 0.504 e. The number of aromatic nitrogens is 2. The minimum Gasteiger partial charge on any atom is -0.504 e. The van der Waals surface area contributed by atoms with Gasteiger partial charge in [0.05, 0.1) is 10.7 Å². The first-order valence-corrected chi connectivity index (χ1v) is 5.40. The fourth-order valence-corrected chi connectivity index (χ4v) is 2.09. The molecule has 0 aliphatic carbocycles. The van der Waals surface area contributed by atoms with Crippen LogP contribution in [0, 0.1) is 5.82 Å². The van der Waals surface area contributed by atoms with Crippen LogP contribution in [-0.4, -0.2) is 20.0 Å². The number of hydrogen-bond acceptors (Lipinski definition) is 4. The number of nitrogens with zero attached hydrogens (tertiary/aromatic N) is 2. The zero-order valence-electron chi connectivity index (χ0n) is 8.78. The Morgan fingerprint density at radius 2 is 2.12 bits per heavy atom. The second-order valence-electron chi connectivity index (χ2n) is 3.48. The Labute approximate surface area is 104 Å². The van der Waals surface area contributed by atoms with Crippen molar-refractivity contribution in [1.29, 1.82) is 0 Å². The molecule has 5 nitrogen and oxygen atoms in total. The van der Waals surface area contributed by atoms with E-state index in [2.05, 4.69) is 21.0 Å². The number of aryl methyl sites for hydroxylation is 1. The molecule has 1 heterocycles. The third-order valence-corrected chi connectivity index (χ3v) is 3.20. The zero-order valence-corrected chi connectivity index (χ0v) is 10.4. The molecule has 0 spiro atoms. The van der Waals surface area contributed by atoms with E-state index in [0.29, 0.717) is 5.56 Å². The van der Waals surface area contributed by atoms with Gasteiger partial charge in [0.15, 0.2) is 11.5 Å². The summed E-state index contributed by atoms with van der Waals surface area (Å²) in [6.07, 6.45) is 1.38. The molecule has 1 aromatic heterocycles. The van der Waals surface area contributed by atoms with Crippen molar-refractivity contribution in [3.05, 3.63) is 22.6 Å². The highest BCUT2D eigenvalue weighted by molar-refractivity contribution is 9.10. The number of anilines is 1. The summed E-state index contributed by atoms with van der Waals surface area (Å²) in [5, 5.41) is 22.7. The number of nitrogen functional groups attached to an aromatic ring is 1. The van der Waals surface area contributed by atoms with Crippen LogP contribution in [0.3, 0.4) is 0 Å². The van der Waals surface area contributed by atoms with Crippen molar-refractivity contribution in [2.24, 2.45) is 7.05 Å². The van der Waals surface area contributed by atoms with Crippen LogP contribution in [-0.2, 0) is 7.05 Å². The molecule has 0 aliphatic heterocycles. The maximum Gasteiger partial charge on any atom is 0.172 e. The highest BCUT2D eigenvalue weighted by Gasteiger charge is 2.20. The third-order valence-electron chi connectivity index (χ3n) is 2.43. The first-order valence-electron chi connectivity index (χ1n) is 4.61. The van der Waals surface area contributed by atoms with E-state index < -0.39 is 17.3 Å². The molecular weight excluding hydrogens is 293 g/mol. The molecule has 0 atom stereocenters. The Morgan fingerprint density at radius 3 is 2.65 bits per heavy atom. The number of phenols is 2. The summed E-state index contributed by atoms with van der Waals surface area (Å²) in [5.41, 5.74) is 6.13. The number of aromatic hydroxyl groups is 2. The number of halogens is 2. The van der Waals surface area contributed by atoms with E-state index in [4.69, 9.17) is 5.73 Å². The lowest BCUT2D eigenvalue weighted by Crippen LogP contribution is -1.99. The average molecular weight is 302 g/mol. The van der Waals surface area contributed by atoms with E-state index in [1.54, 1.807) is 7.05 Å². The fraction of sp³-hybridized carbons (Fsp3) is 0.100. The van der Waals surface area contributed by atoms with Gasteiger partial charge in [-0.05, 0) is 15.9 Å². The predicted molar refractivity (Wildman–Crippen MR) is 64.0 cm³/mol. The summed E-state index contributed by atoms with van der Waals surface area (Å²) in [6, 6.07) is 0.821. The molecule has 7 heteroatoms. The van der Waals surface area contributed by atoms with Crippen molar-refractivity contribution in [2.45, 2.75) is 0 Å². The molecule has 17 heavy (non-hydrogen) atoms. The van der Waals surface area contributed by atoms with Crippen molar-refractivity contribution in [3.63, 3.8) is 0 Å². The molecule has 0 radical (unpaired) electrons. The van der Waals surface area contributed by atoms with E-state index in [1.807, 2.05) is 0 Å². The van der Waals surface area contributed by atoms with E-state index in [1.165, 1.54) is 10.9 Å². The summed E-state index contributed by atoms with van der Waals surface area (Å²) < 4.78 is 15.2. The second-order valence-corrected chi connectivity index (χ2v) is 4.28. The molecule has 2 rings (SSSR count). The summed E-state index contributed by atoms with van der Waals surface area (Å²) in [6.45, 7) is 0. The second kappa shape index (κ2) is 3.92. The van der Waals surface area contributed by atoms with E-state index in [0.717, 1.165) is 6.07 Å². The molecule has 4 N–H and O–H groups in total. The maximum atomic E-state index is 13.8. The molecule has 1 aromatic carbocycles. The van der Waals surface area contributed by atoms with Gasteiger partial charge in [0.1, 0.15) is 11.6 Å². The Morgan fingerprint density at radius 1 is 1.47 bits per heavy atom. The lowest BCUT2D eigenvalue weighted by Gasteiger charge is -2.08. The predicted octanol–water partition coefficient (Wildman–Crippen LogP) is 1.98. The molecule has 0 amide bonds. The summed E-state index contributed by atoms with van der Waals surface area (Å²) in [7, 11) is 1.62. The normalized spacial score (nSPS) is 10.8. The van der Waals surface area contributed by atoms with Gasteiger partial charge in [-0.1, -0.05) is 0 Å². The van der Waals surface area contributed by atoms with Gasteiger partial charge in [0.25, 0.3) is 0 Å². The number of hydrogen-bond donors (Lipinski definition) is 3. The molecule has 0 fully saturated rings. The molecule has 0 saturated heterocycles. The van der Waals surface area contributed by atoms with Gasteiger partial charge in [-0.15, -0.1) is 0 Å². The van der Waals surface area contributed by atoms with Crippen molar-refractivity contribution < 1.29 is 14.6 Å². The summed E-state index contributed by atoms with van der Waals surface area (Å²) in [5.74, 6) is -1.42. The smallest absolute Gasteiger partial charge is 0.172 e. The first kappa shape index (κ1) is 11.7. The van der Waals surface area contributed by atoms with Crippen molar-refractivity contribution in [3.8, 4) is 22.6 Å². The maximum absolute atomic E-state index is 13.8. The topological polar surface area (TPSA) is 84.3 Å². The Bertz CT molecular complexity index is 598. The molecule has 0 unspecified atom stereocenters. The van der Waals surface area contributed by atoms with Crippen LogP contribution in [0.4, 0.5) is 10.2 Å². The molecule has 0 aliphatic rings. The fourth-order valence-electron chi connectivity index (χ4n) is 1.48. The lowest BCUT2D eigenvalue weighted by molar-refractivity contribution is 0.398. The Balaban J connectivity index is 2.76. The quantitative estimate of drug-likeness (QED) is 0.703. The minimum atomic E-state index is -0.702. The molecular formula is C10H9BrFN3O2. The van der Waals surface area contributed by atoms with E-state index in [-0.39, 0.29) is 15.9 Å². The van der Waals surface area contributed by atoms with Gasteiger partial charge in [-0.2, -0.15) is 5.10 Å². The lowest BCUT2D eigenvalue weighted by atomic mass is 10.1. The van der Waals surface area contributed by atoms with Gasteiger partial charge in [0.2, 0.25) is 0 Å². The number of phenolic OH excluding ortho intramolecular Hbond substituents is 2. The number of benzene rings is 1. The van der Waals surface area contributed by atoms with Crippen LogP contribution < -0.4 is 5.73 Å². The van der Waals surface area contributed by atoms with Crippen LogP contribution in [0.15, 0.2) is 16.7 Å².